The molecule has 0 heterocycles. The summed E-state index contributed by atoms with van der Waals surface area (Å²) in [7, 11) is 1.54. The molecule has 6 nitrogen and oxygen atoms in total. The number of phenolic OH excluding ortho intramolecular Hbond substituents is 1. The van der Waals surface area contributed by atoms with E-state index in [1.165, 1.54) is 43.5 Å². The van der Waals surface area contributed by atoms with Gasteiger partial charge in [0.15, 0.2) is 0 Å². The SMILES string of the molecule is COc1ccc(C(=O)O)cc1.O=C(O)c1ccc(O)cc1. The highest BCUT2D eigenvalue weighted by Crippen LogP contribution is 2.10. The molecule has 0 amide bonds. The Labute approximate surface area is 120 Å². The molecular weight excluding hydrogens is 276 g/mol. The van der Waals surface area contributed by atoms with E-state index in [4.69, 9.17) is 20.1 Å². The first kappa shape index (κ1) is 16.0. The number of hydrogen-bond donors (Lipinski definition) is 3. The van der Waals surface area contributed by atoms with Crippen molar-refractivity contribution in [1.82, 2.24) is 0 Å². The summed E-state index contributed by atoms with van der Waals surface area (Å²) in [5.41, 5.74) is 0.448. The van der Waals surface area contributed by atoms with Gasteiger partial charge in [-0.1, -0.05) is 0 Å². The van der Waals surface area contributed by atoms with Gasteiger partial charge in [-0.05, 0) is 48.5 Å². The van der Waals surface area contributed by atoms with Gasteiger partial charge in [0.1, 0.15) is 11.5 Å². The van der Waals surface area contributed by atoms with Crippen LogP contribution in [0, 0.1) is 0 Å². The van der Waals surface area contributed by atoms with Gasteiger partial charge in [-0.25, -0.2) is 9.59 Å². The maximum atomic E-state index is 10.4. The summed E-state index contributed by atoms with van der Waals surface area (Å²) in [6.45, 7) is 0. The quantitative estimate of drug-likeness (QED) is 0.802. The fourth-order valence-electron chi connectivity index (χ4n) is 1.34. The molecule has 3 N–H and O–H groups in total. The Kier molecular flexibility index (Phi) is 5.76. The standard InChI is InChI=1S/C8H8O3.C7H6O3/c1-11-7-4-2-6(3-5-7)8(9)10;8-6-3-1-5(2-4-6)7(9)10/h2-5H,1H3,(H,9,10);1-4,8H,(H,9,10). The molecule has 2 rings (SSSR count). The van der Waals surface area contributed by atoms with Crippen LogP contribution in [0.4, 0.5) is 0 Å². The predicted octanol–water partition coefficient (Wildman–Crippen LogP) is 2.48. The molecule has 0 aromatic heterocycles. The summed E-state index contributed by atoms with van der Waals surface area (Å²) < 4.78 is 4.86. The van der Waals surface area contributed by atoms with Crippen molar-refractivity contribution in [2.45, 2.75) is 0 Å². The van der Waals surface area contributed by atoms with Crippen LogP contribution in [0.5, 0.6) is 11.5 Å². The van der Waals surface area contributed by atoms with E-state index in [-0.39, 0.29) is 16.9 Å². The van der Waals surface area contributed by atoms with Gasteiger partial charge in [-0.2, -0.15) is 0 Å². The molecule has 0 radical (unpaired) electrons. The number of hydrogen-bond acceptors (Lipinski definition) is 4. The van der Waals surface area contributed by atoms with Gasteiger partial charge in [0.2, 0.25) is 0 Å². The Morgan fingerprint density at radius 1 is 0.810 bits per heavy atom. The first-order valence-corrected chi connectivity index (χ1v) is 5.83. The van der Waals surface area contributed by atoms with Crippen LogP contribution in [0.15, 0.2) is 48.5 Å². The Bertz CT molecular complexity index is 601. The van der Waals surface area contributed by atoms with Gasteiger partial charge in [-0.15, -0.1) is 0 Å². The molecule has 2 aromatic rings. The Morgan fingerprint density at radius 2 is 1.19 bits per heavy atom. The van der Waals surface area contributed by atoms with Crippen LogP contribution in [-0.4, -0.2) is 34.4 Å². The number of carbonyl (C=O) groups is 2. The molecule has 2 aromatic carbocycles. The molecular formula is C15H14O6. The summed E-state index contributed by atoms with van der Waals surface area (Å²) >= 11 is 0. The van der Waals surface area contributed by atoms with E-state index >= 15 is 0 Å². The second-order valence-corrected chi connectivity index (χ2v) is 3.89. The molecule has 0 atom stereocenters. The summed E-state index contributed by atoms with van der Waals surface area (Å²) in [5, 5.41) is 25.6. The van der Waals surface area contributed by atoms with Gasteiger partial charge in [0, 0.05) is 0 Å². The zero-order chi connectivity index (χ0) is 15.8. The Balaban J connectivity index is 0.000000211. The topological polar surface area (TPSA) is 104 Å². The Morgan fingerprint density at radius 3 is 1.52 bits per heavy atom. The van der Waals surface area contributed by atoms with E-state index < -0.39 is 11.9 Å². The second kappa shape index (κ2) is 7.54. The van der Waals surface area contributed by atoms with Crippen LogP contribution in [0.2, 0.25) is 0 Å². The monoisotopic (exact) mass is 290 g/mol. The van der Waals surface area contributed by atoms with E-state index in [2.05, 4.69) is 0 Å². The van der Waals surface area contributed by atoms with Crippen molar-refractivity contribution in [2.75, 3.05) is 7.11 Å². The third kappa shape index (κ3) is 5.23. The molecule has 0 bridgehead atoms. The molecule has 0 saturated carbocycles. The minimum atomic E-state index is -0.986. The number of carboxylic acids is 2. The van der Waals surface area contributed by atoms with Crippen molar-refractivity contribution in [3.8, 4) is 11.5 Å². The van der Waals surface area contributed by atoms with E-state index in [1.807, 2.05) is 0 Å². The van der Waals surface area contributed by atoms with E-state index in [1.54, 1.807) is 12.1 Å². The summed E-state index contributed by atoms with van der Waals surface area (Å²) in [5.74, 6) is -1.17. The average molecular weight is 290 g/mol. The summed E-state index contributed by atoms with van der Waals surface area (Å²) in [6.07, 6.45) is 0. The average Bonchev–Trinajstić information content (AvgIpc) is 2.48. The van der Waals surface area contributed by atoms with Gasteiger partial charge < -0.3 is 20.1 Å². The summed E-state index contributed by atoms with van der Waals surface area (Å²) in [6, 6.07) is 11.6. The maximum absolute atomic E-state index is 10.4. The van der Waals surface area contributed by atoms with Crippen LogP contribution in [0.25, 0.3) is 0 Å². The molecule has 0 fully saturated rings. The van der Waals surface area contributed by atoms with Crippen LogP contribution in [-0.2, 0) is 0 Å². The lowest BCUT2D eigenvalue weighted by Gasteiger charge is -1.98. The molecule has 110 valence electrons. The number of phenols is 1. The van der Waals surface area contributed by atoms with Crippen LogP contribution >= 0.6 is 0 Å². The van der Waals surface area contributed by atoms with E-state index in [9.17, 15) is 9.59 Å². The third-order valence-electron chi connectivity index (χ3n) is 2.45. The molecule has 6 heteroatoms. The van der Waals surface area contributed by atoms with Crippen molar-refractivity contribution < 1.29 is 29.6 Å². The Hall–Kier alpha value is -3.02. The zero-order valence-electron chi connectivity index (χ0n) is 11.2. The van der Waals surface area contributed by atoms with Gasteiger partial charge in [0.25, 0.3) is 0 Å². The molecule has 0 aliphatic carbocycles. The molecule has 0 saturated heterocycles. The molecule has 0 aliphatic rings. The van der Waals surface area contributed by atoms with Gasteiger partial charge in [-0.3, -0.25) is 0 Å². The molecule has 0 spiro atoms. The lowest BCUT2D eigenvalue weighted by Crippen LogP contribution is -1.95. The lowest BCUT2D eigenvalue weighted by molar-refractivity contribution is 0.0686. The van der Waals surface area contributed by atoms with Crippen molar-refractivity contribution in [3.05, 3.63) is 59.7 Å². The summed E-state index contributed by atoms with van der Waals surface area (Å²) in [4.78, 5) is 20.6. The minimum absolute atomic E-state index is 0.0741. The largest absolute Gasteiger partial charge is 0.508 e. The zero-order valence-corrected chi connectivity index (χ0v) is 11.2. The van der Waals surface area contributed by atoms with Gasteiger partial charge >= 0.3 is 11.9 Å². The second-order valence-electron chi connectivity index (χ2n) is 3.89. The van der Waals surface area contributed by atoms with Crippen molar-refractivity contribution in [1.29, 1.82) is 0 Å². The van der Waals surface area contributed by atoms with Gasteiger partial charge in [0.05, 0.1) is 18.2 Å². The molecule has 21 heavy (non-hydrogen) atoms. The highest BCUT2D eigenvalue weighted by atomic mass is 16.5. The lowest BCUT2D eigenvalue weighted by atomic mass is 10.2. The normalized spacial score (nSPS) is 9.19. The number of carboxylic acid groups (broad SMARTS) is 2. The third-order valence-corrected chi connectivity index (χ3v) is 2.45. The maximum Gasteiger partial charge on any atom is 0.335 e. The van der Waals surface area contributed by atoms with Crippen LogP contribution in [0.1, 0.15) is 20.7 Å². The van der Waals surface area contributed by atoms with E-state index in [0.717, 1.165) is 0 Å². The van der Waals surface area contributed by atoms with Crippen molar-refractivity contribution in [3.63, 3.8) is 0 Å². The molecule has 0 unspecified atom stereocenters. The van der Waals surface area contributed by atoms with E-state index in [0.29, 0.717) is 5.75 Å². The molecule has 0 aliphatic heterocycles. The fraction of sp³-hybridized carbons (Fsp3) is 0.0667. The smallest absolute Gasteiger partial charge is 0.335 e. The minimum Gasteiger partial charge on any atom is -0.508 e. The first-order chi connectivity index (χ1) is 9.93. The number of methoxy groups -OCH3 is 1. The van der Waals surface area contributed by atoms with Crippen LogP contribution < -0.4 is 4.74 Å². The van der Waals surface area contributed by atoms with Crippen molar-refractivity contribution in [2.24, 2.45) is 0 Å². The fourth-order valence-corrected chi connectivity index (χ4v) is 1.34. The number of ether oxygens (including phenoxy) is 1. The van der Waals surface area contributed by atoms with Crippen molar-refractivity contribution >= 4 is 11.9 Å². The number of benzene rings is 2. The highest BCUT2D eigenvalue weighted by molar-refractivity contribution is 5.88. The van der Waals surface area contributed by atoms with Crippen LogP contribution in [0.3, 0.4) is 0 Å². The highest BCUT2D eigenvalue weighted by Gasteiger charge is 2.00. The number of aromatic hydroxyl groups is 1. The first-order valence-electron chi connectivity index (χ1n) is 5.83. The number of rotatable bonds is 3. The predicted molar refractivity (Wildman–Crippen MR) is 75.0 cm³/mol. The number of aromatic carboxylic acids is 2.